The van der Waals surface area contributed by atoms with E-state index in [0.29, 0.717) is 38.1 Å². The van der Waals surface area contributed by atoms with Crippen molar-refractivity contribution in [3.05, 3.63) is 35.7 Å². The van der Waals surface area contributed by atoms with E-state index < -0.39 is 9.84 Å². The minimum Gasteiger partial charge on any atom is -0.423 e. The molecule has 0 bridgehead atoms. The third kappa shape index (κ3) is 3.64. The first-order valence-electron chi connectivity index (χ1n) is 8.91. The number of anilines is 1. The lowest BCUT2D eigenvalue weighted by atomic mass is 9.97. The number of benzene rings is 1. The molecule has 7 heteroatoms. The van der Waals surface area contributed by atoms with Gasteiger partial charge >= 0.3 is 0 Å². The van der Waals surface area contributed by atoms with E-state index in [0.717, 1.165) is 12.0 Å². The molecule has 1 aromatic carbocycles. The molecule has 142 valence electrons. The zero-order valence-corrected chi connectivity index (χ0v) is 16.6. The molecule has 0 aliphatic carbocycles. The van der Waals surface area contributed by atoms with Crippen LogP contribution in [-0.4, -0.2) is 39.7 Å². The summed E-state index contributed by atoms with van der Waals surface area (Å²) in [4.78, 5) is 6.55. The largest absolute Gasteiger partial charge is 0.423 e. The molecule has 2 heterocycles. The maximum atomic E-state index is 13.3. The van der Waals surface area contributed by atoms with E-state index in [9.17, 15) is 8.42 Å². The van der Waals surface area contributed by atoms with Crippen molar-refractivity contribution < 1.29 is 17.6 Å². The minimum absolute atomic E-state index is 0.00595. The summed E-state index contributed by atoms with van der Waals surface area (Å²) in [6, 6.07) is 6.96. The molecule has 1 saturated heterocycles. The number of hydrogen-bond acceptors (Lipinski definition) is 6. The molecule has 0 atom stereocenters. The average Bonchev–Trinajstić information content (AvgIpc) is 3.09. The van der Waals surface area contributed by atoms with Crippen molar-refractivity contribution in [1.82, 2.24) is 4.98 Å². The number of sulfone groups is 1. The Bertz CT molecular complexity index is 858. The van der Waals surface area contributed by atoms with E-state index in [4.69, 9.17) is 9.15 Å². The van der Waals surface area contributed by atoms with E-state index in [2.05, 4.69) is 4.98 Å². The summed E-state index contributed by atoms with van der Waals surface area (Å²) in [5, 5.41) is -0.00595. The molecule has 0 radical (unpaired) electrons. The van der Waals surface area contributed by atoms with Crippen molar-refractivity contribution in [2.45, 2.75) is 49.5 Å². The standard InChI is InChI=1S/C19H26N2O4S/c1-5-14-6-8-15(9-7-14)26(22,23)16-17(21-10-12-24-13-11-21)25-18(20-16)19(2,3)4/h6-9H,5,10-13H2,1-4H3. The summed E-state index contributed by atoms with van der Waals surface area (Å²) in [6.07, 6.45) is 0.859. The fraction of sp³-hybridized carbons (Fsp3) is 0.526. The van der Waals surface area contributed by atoms with Crippen LogP contribution >= 0.6 is 0 Å². The van der Waals surface area contributed by atoms with Crippen molar-refractivity contribution in [3.8, 4) is 0 Å². The molecule has 0 N–H and O–H groups in total. The molecule has 0 spiro atoms. The Labute approximate surface area is 155 Å². The first-order valence-corrected chi connectivity index (χ1v) is 10.4. The SMILES string of the molecule is CCc1ccc(S(=O)(=O)c2nc(C(C)(C)C)oc2N2CCOCC2)cc1. The second kappa shape index (κ2) is 7.04. The highest BCUT2D eigenvalue weighted by Crippen LogP contribution is 2.35. The molecular weight excluding hydrogens is 352 g/mol. The summed E-state index contributed by atoms with van der Waals surface area (Å²) in [5.74, 6) is 0.737. The fourth-order valence-electron chi connectivity index (χ4n) is 2.78. The van der Waals surface area contributed by atoms with Gasteiger partial charge < -0.3 is 14.1 Å². The Morgan fingerprint density at radius 1 is 1.12 bits per heavy atom. The zero-order chi connectivity index (χ0) is 18.9. The lowest BCUT2D eigenvalue weighted by Crippen LogP contribution is -2.36. The van der Waals surface area contributed by atoms with E-state index in [1.54, 1.807) is 12.1 Å². The van der Waals surface area contributed by atoms with E-state index >= 15 is 0 Å². The number of rotatable bonds is 4. The van der Waals surface area contributed by atoms with Crippen LogP contribution in [0.2, 0.25) is 0 Å². The normalized spacial score (nSPS) is 16.1. The summed E-state index contributed by atoms with van der Waals surface area (Å²) in [7, 11) is -3.77. The van der Waals surface area contributed by atoms with Gasteiger partial charge in [0.05, 0.1) is 18.1 Å². The van der Waals surface area contributed by atoms with Gasteiger partial charge in [-0.2, -0.15) is 4.98 Å². The summed E-state index contributed by atoms with van der Waals surface area (Å²) < 4.78 is 37.8. The number of oxazole rings is 1. The van der Waals surface area contributed by atoms with Crippen LogP contribution in [0.25, 0.3) is 0 Å². The molecule has 0 saturated carbocycles. The van der Waals surface area contributed by atoms with Gasteiger partial charge in [0, 0.05) is 18.5 Å². The number of aromatic nitrogens is 1. The monoisotopic (exact) mass is 378 g/mol. The van der Waals surface area contributed by atoms with Gasteiger partial charge in [-0.25, -0.2) is 8.42 Å². The van der Waals surface area contributed by atoms with Gasteiger partial charge in [0.25, 0.3) is 0 Å². The molecule has 1 aromatic heterocycles. The number of ether oxygens (including phenoxy) is 1. The maximum Gasteiger partial charge on any atom is 0.236 e. The van der Waals surface area contributed by atoms with Gasteiger partial charge in [-0.1, -0.05) is 39.8 Å². The summed E-state index contributed by atoms with van der Waals surface area (Å²) >= 11 is 0. The van der Waals surface area contributed by atoms with E-state index in [1.165, 1.54) is 0 Å². The molecule has 26 heavy (non-hydrogen) atoms. The smallest absolute Gasteiger partial charge is 0.236 e. The van der Waals surface area contributed by atoms with Crippen LogP contribution in [0.1, 0.15) is 39.1 Å². The number of nitrogens with zero attached hydrogens (tertiary/aromatic N) is 2. The number of hydrogen-bond donors (Lipinski definition) is 0. The van der Waals surface area contributed by atoms with Crippen LogP contribution in [0.5, 0.6) is 0 Å². The van der Waals surface area contributed by atoms with Crippen LogP contribution in [-0.2, 0) is 26.4 Å². The second-order valence-electron chi connectivity index (χ2n) is 7.48. The van der Waals surface area contributed by atoms with E-state index in [-0.39, 0.29) is 15.3 Å². The van der Waals surface area contributed by atoms with Gasteiger partial charge in [0.2, 0.25) is 26.6 Å². The zero-order valence-electron chi connectivity index (χ0n) is 15.8. The Hall–Kier alpha value is -1.86. The quantitative estimate of drug-likeness (QED) is 0.813. The molecule has 6 nitrogen and oxygen atoms in total. The predicted molar refractivity (Wildman–Crippen MR) is 99.5 cm³/mol. The molecule has 1 fully saturated rings. The minimum atomic E-state index is -3.77. The van der Waals surface area contributed by atoms with Crippen LogP contribution in [0.4, 0.5) is 5.88 Å². The Kier molecular flexibility index (Phi) is 5.12. The van der Waals surface area contributed by atoms with Crippen LogP contribution in [0, 0.1) is 0 Å². The van der Waals surface area contributed by atoms with Crippen LogP contribution in [0.15, 0.2) is 38.6 Å². The summed E-state index contributed by atoms with van der Waals surface area (Å²) in [6.45, 7) is 10.1. The van der Waals surface area contributed by atoms with Gasteiger partial charge in [0.1, 0.15) is 0 Å². The second-order valence-corrected chi connectivity index (χ2v) is 9.34. The Balaban J connectivity index is 2.10. The fourth-order valence-corrected chi connectivity index (χ4v) is 4.10. The van der Waals surface area contributed by atoms with Gasteiger partial charge in [-0.05, 0) is 24.1 Å². The third-order valence-corrected chi connectivity index (χ3v) is 6.08. The third-order valence-electron chi connectivity index (χ3n) is 4.42. The number of morpholine rings is 1. The summed E-state index contributed by atoms with van der Waals surface area (Å²) in [5.41, 5.74) is 0.703. The highest BCUT2D eigenvalue weighted by Gasteiger charge is 2.34. The number of aryl methyl sites for hydroxylation is 1. The van der Waals surface area contributed by atoms with Crippen LogP contribution in [0.3, 0.4) is 0 Å². The van der Waals surface area contributed by atoms with Crippen molar-refractivity contribution >= 4 is 15.7 Å². The lowest BCUT2D eigenvalue weighted by molar-refractivity contribution is 0.120. The highest BCUT2D eigenvalue weighted by atomic mass is 32.2. The topological polar surface area (TPSA) is 72.6 Å². The van der Waals surface area contributed by atoms with Gasteiger partial charge in [-0.15, -0.1) is 0 Å². The molecule has 2 aromatic rings. The van der Waals surface area contributed by atoms with Crippen molar-refractivity contribution in [1.29, 1.82) is 0 Å². The Morgan fingerprint density at radius 3 is 2.27 bits per heavy atom. The molecule has 3 rings (SSSR count). The lowest BCUT2D eigenvalue weighted by Gasteiger charge is -2.26. The maximum absolute atomic E-state index is 13.3. The van der Waals surface area contributed by atoms with E-state index in [1.807, 2.05) is 44.7 Å². The molecule has 1 aliphatic rings. The van der Waals surface area contributed by atoms with Crippen molar-refractivity contribution in [2.75, 3.05) is 31.2 Å². The first kappa shape index (κ1) is 18.9. The molecule has 0 unspecified atom stereocenters. The predicted octanol–water partition coefficient (Wildman–Crippen LogP) is 3.20. The molecule has 0 amide bonds. The van der Waals surface area contributed by atoms with Crippen molar-refractivity contribution in [2.24, 2.45) is 0 Å². The Morgan fingerprint density at radius 2 is 1.73 bits per heavy atom. The average molecular weight is 378 g/mol. The first-order chi connectivity index (χ1) is 12.2. The van der Waals surface area contributed by atoms with Gasteiger partial charge in [-0.3, -0.25) is 0 Å². The molecular formula is C19H26N2O4S. The van der Waals surface area contributed by atoms with Crippen molar-refractivity contribution in [3.63, 3.8) is 0 Å². The van der Waals surface area contributed by atoms with Crippen LogP contribution < -0.4 is 4.90 Å². The van der Waals surface area contributed by atoms with Gasteiger partial charge in [0.15, 0.2) is 0 Å². The molecule has 1 aliphatic heterocycles. The highest BCUT2D eigenvalue weighted by molar-refractivity contribution is 7.91.